The first-order valence-corrected chi connectivity index (χ1v) is 7.25. The van der Waals surface area contributed by atoms with Crippen molar-refractivity contribution in [3.8, 4) is 0 Å². The molecule has 2 amide bonds. The predicted molar refractivity (Wildman–Crippen MR) is 81.8 cm³/mol. The number of cyclic esters (lactones) is 1. The smallest absolute Gasteiger partial charge is 0.358 e. The zero-order chi connectivity index (χ0) is 18.1. The summed E-state index contributed by atoms with van der Waals surface area (Å²) < 4.78 is 14.7. The summed E-state index contributed by atoms with van der Waals surface area (Å²) in [7, 11) is 1.11. The van der Waals surface area contributed by atoms with Gasteiger partial charge in [-0.05, 0) is 19.1 Å². The van der Waals surface area contributed by atoms with Gasteiger partial charge in [-0.3, -0.25) is 9.59 Å². The number of amides is 2. The second kappa shape index (κ2) is 6.23. The van der Waals surface area contributed by atoms with Crippen LogP contribution < -0.4 is 0 Å². The van der Waals surface area contributed by atoms with Gasteiger partial charge in [0.15, 0.2) is 5.70 Å². The van der Waals surface area contributed by atoms with Crippen molar-refractivity contribution in [2.45, 2.75) is 13.2 Å². The highest BCUT2D eigenvalue weighted by molar-refractivity contribution is 6.24. The molecule has 0 fully saturated rings. The SMILES string of the molecule is COC(=O)/C(=C\OC1C=C(C)C(=O)O1)N1C(=O)c2ccccc2C1=O. The molecule has 8 heteroatoms. The number of hydrogen-bond donors (Lipinski definition) is 0. The van der Waals surface area contributed by atoms with Crippen molar-refractivity contribution in [1.29, 1.82) is 0 Å². The Kier molecular flexibility index (Phi) is 4.10. The average Bonchev–Trinajstić information content (AvgIpc) is 3.06. The van der Waals surface area contributed by atoms with Crippen LogP contribution in [-0.4, -0.2) is 42.1 Å². The quantitative estimate of drug-likeness (QED) is 0.350. The standard InChI is InChI=1S/C17H13NO7/c1-9-7-13(25-16(9)21)24-8-12(17(22)23-2)18-14(19)10-5-3-4-6-11(10)15(18)20/h3-8,13H,1-2H3/b12-8+. The van der Waals surface area contributed by atoms with Crippen molar-refractivity contribution < 1.29 is 33.4 Å². The number of fused-ring (bicyclic) bond motifs is 1. The summed E-state index contributed by atoms with van der Waals surface area (Å²) in [4.78, 5) is 49.0. The zero-order valence-corrected chi connectivity index (χ0v) is 13.3. The largest absolute Gasteiger partial charge is 0.464 e. The Hall–Kier alpha value is -3.42. The summed E-state index contributed by atoms with van der Waals surface area (Å²) in [5, 5.41) is 0. The molecule has 1 atom stereocenters. The van der Waals surface area contributed by atoms with E-state index in [2.05, 4.69) is 4.74 Å². The van der Waals surface area contributed by atoms with E-state index in [1.165, 1.54) is 18.2 Å². The Balaban J connectivity index is 1.91. The van der Waals surface area contributed by atoms with Crippen LogP contribution in [0.3, 0.4) is 0 Å². The lowest BCUT2D eigenvalue weighted by Crippen LogP contribution is -2.34. The van der Waals surface area contributed by atoms with Crippen molar-refractivity contribution in [3.63, 3.8) is 0 Å². The number of rotatable bonds is 4. The number of carbonyl (C=O) groups is 4. The highest BCUT2D eigenvalue weighted by atomic mass is 16.7. The molecule has 0 aromatic heterocycles. The van der Waals surface area contributed by atoms with Gasteiger partial charge in [0, 0.05) is 11.6 Å². The molecule has 2 aliphatic rings. The van der Waals surface area contributed by atoms with E-state index >= 15 is 0 Å². The Bertz CT molecular complexity index is 817. The maximum absolute atomic E-state index is 12.5. The van der Waals surface area contributed by atoms with Crippen LogP contribution in [0.1, 0.15) is 27.6 Å². The summed E-state index contributed by atoms with van der Waals surface area (Å²) in [6.07, 6.45) is 1.22. The van der Waals surface area contributed by atoms with Gasteiger partial charge in [0.2, 0.25) is 0 Å². The minimum atomic E-state index is -1.05. The number of methoxy groups -OCH3 is 1. The van der Waals surface area contributed by atoms with Gasteiger partial charge in [0.1, 0.15) is 6.26 Å². The fraction of sp³-hybridized carbons (Fsp3) is 0.176. The summed E-state index contributed by atoms with van der Waals surface area (Å²) in [5.74, 6) is -2.84. The predicted octanol–water partition coefficient (Wildman–Crippen LogP) is 1.14. The van der Waals surface area contributed by atoms with E-state index in [4.69, 9.17) is 9.47 Å². The van der Waals surface area contributed by atoms with Crippen LogP contribution in [0.4, 0.5) is 0 Å². The number of ether oxygens (including phenoxy) is 3. The highest BCUT2D eigenvalue weighted by Gasteiger charge is 2.40. The normalized spacial score (nSPS) is 19.5. The number of nitrogens with zero attached hydrogens (tertiary/aromatic N) is 1. The molecule has 128 valence electrons. The maximum atomic E-state index is 12.5. The van der Waals surface area contributed by atoms with Gasteiger partial charge >= 0.3 is 11.9 Å². The molecule has 1 unspecified atom stereocenters. The van der Waals surface area contributed by atoms with Crippen LogP contribution in [0.2, 0.25) is 0 Å². The van der Waals surface area contributed by atoms with Gasteiger partial charge in [0.25, 0.3) is 18.1 Å². The van der Waals surface area contributed by atoms with E-state index in [0.717, 1.165) is 13.4 Å². The minimum Gasteiger partial charge on any atom is -0.464 e. The Labute approximate surface area is 142 Å². The van der Waals surface area contributed by atoms with Crippen molar-refractivity contribution in [2.24, 2.45) is 0 Å². The molecule has 0 bridgehead atoms. The van der Waals surface area contributed by atoms with Crippen molar-refractivity contribution >= 4 is 23.8 Å². The lowest BCUT2D eigenvalue weighted by Gasteiger charge is -2.16. The number of esters is 2. The number of carbonyl (C=O) groups excluding carboxylic acids is 4. The monoisotopic (exact) mass is 343 g/mol. The van der Waals surface area contributed by atoms with E-state index in [0.29, 0.717) is 10.5 Å². The zero-order valence-electron chi connectivity index (χ0n) is 13.3. The number of imide groups is 1. The van der Waals surface area contributed by atoms with Crippen LogP contribution in [0, 0.1) is 0 Å². The molecule has 0 radical (unpaired) electrons. The first-order valence-electron chi connectivity index (χ1n) is 7.25. The fourth-order valence-electron chi connectivity index (χ4n) is 2.41. The van der Waals surface area contributed by atoms with Crippen LogP contribution in [0.15, 0.2) is 47.9 Å². The van der Waals surface area contributed by atoms with Crippen molar-refractivity contribution in [1.82, 2.24) is 4.90 Å². The summed E-state index contributed by atoms with van der Waals surface area (Å²) in [5.41, 5.74) is 0.275. The molecule has 0 spiro atoms. The van der Waals surface area contributed by atoms with E-state index in [-0.39, 0.29) is 11.1 Å². The van der Waals surface area contributed by atoms with Crippen molar-refractivity contribution in [2.75, 3.05) is 7.11 Å². The third kappa shape index (κ3) is 2.78. The molecule has 2 heterocycles. The maximum Gasteiger partial charge on any atom is 0.358 e. The minimum absolute atomic E-state index is 0.172. The Morgan fingerprint density at radius 1 is 1.16 bits per heavy atom. The molecule has 3 rings (SSSR count). The lowest BCUT2D eigenvalue weighted by atomic mass is 10.1. The Morgan fingerprint density at radius 2 is 1.76 bits per heavy atom. The summed E-state index contributed by atoms with van der Waals surface area (Å²) in [6.45, 7) is 1.54. The van der Waals surface area contributed by atoms with Gasteiger partial charge in [-0.15, -0.1) is 0 Å². The van der Waals surface area contributed by atoms with Gasteiger partial charge in [0.05, 0.1) is 18.2 Å². The molecule has 1 aromatic carbocycles. The highest BCUT2D eigenvalue weighted by Crippen LogP contribution is 2.27. The first-order chi connectivity index (χ1) is 11.9. The van der Waals surface area contributed by atoms with E-state index in [1.54, 1.807) is 19.1 Å². The van der Waals surface area contributed by atoms with E-state index < -0.39 is 35.7 Å². The Morgan fingerprint density at radius 3 is 2.24 bits per heavy atom. The molecular weight excluding hydrogens is 330 g/mol. The second-order valence-electron chi connectivity index (χ2n) is 5.25. The van der Waals surface area contributed by atoms with Crippen molar-refractivity contribution in [3.05, 3.63) is 59.0 Å². The van der Waals surface area contributed by atoms with Crippen LogP contribution >= 0.6 is 0 Å². The average molecular weight is 343 g/mol. The number of benzene rings is 1. The fourth-order valence-corrected chi connectivity index (χ4v) is 2.41. The van der Waals surface area contributed by atoms with Gasteiger partial charge in [-0.1, -0.05) is 12.1 Å². The number of hydrogen-bond acceptors (Lipinski definition) is 7. The molecule has 1 aromatic rings. The molecule has 8 nitrogen and oxygen atoms in total. The summed E-state index contributed by atoms with van der Waals surface area (Å²) in [6, 6.07) is 6.18. The van der Waals surface area contributed by atoms with E-state index in [9.17, 15) is 19.2 Å². The topological polar surface area (TPSA) is 99.2 Å². The van der Waals surface area contributed by atoms with Crippen LogP contribution in [0.5, 0.6) is 0 Å². The van der Waals surface area contributed by atoms with Gasteiger partial charge in [-0.2, -0.15) is 0 Å². The summed E-state index contributed by atoms with van der Waals surface area (Å²) >= 11 is 0. The second-order valence-corrected chi connectivity index (χ2v) is 5.25. The third-order valence-corrected chi connectivity index (χ3v) is 3.67. The van der Waals surface area contributed by atoms with Gasteiger partial charge < -0.3 is 14.2 Å². The van der Waals surface area contributed by atoms with Gasteiger partial charge in [-0.25, -0.2) is 14.5 Å². The molecular formula is C17H13NO7. The molecule has 0 aliphatic carbocycles. The molecule has 0 saturated heterocycles. The lowest BCUT2D eigenvalue weighted by molar-refractivity contribution is -0.152. The van der Waals surface area contributed by atoms with Crippen LogP contribution in [0.25, 0.3) is 0 Å². The molecule has 0 saturated carbocycles. The third-order valence-electron chi connectivity index (χ3n) is 3.67. The molecule has 0 N–H and O–H groups in total. The molecule has 2 aliphatic heterocycles. The van der Waals surface area contributed by atoms with Crippen LogP contribution in [-0.2, 0) is 23.8 Å². The molecule has 25 heavy (non-hydrogen) atoms. The van der Waals surface area contributed by atoms with E-state index in [1.807, 2.05) is 0 Å². The first kappa shape index (κ1) is 16.4.